The van der Waals surface area contributed by atoms with Gasteiger partial charge in [0.15, 0.2) is 11.5 Å². The first kappa shape index (κ1) is 10.8. The summed E-state index contributed by atoms with van der Waals surface area (Å²) in [4.78, 5) is 10.9. The molecule has 1 aromatic rings. The number of aromatic hydroxyl groups is 1. The summed E-state index contributed by atoms with van der Waals surface area (Å²) in [6.45, 7) is 0. The zero-order valence-electron chi connectivity index (χ0n) is 9.06. The van der Waals surface area contributed by atoms with E-state index in [1.165, 1.54) is 19.2 Å². The summed E-state index contributed by atoms with van der Waals surface area (Å²) in [5.74, 6) is -0.120. The Hall–Kier alpha value is -1.71. The van der Waals surface area contributed by atoms with Crippen LogP contribution in [0.2, 0.25) is 0 Å². The molecule has 0 bridgehead atoms. The fourth-order valence-electron chi connectivity index (χ4n) is 1.73. The molecule has 0 atom stereocenters. The van der Waals surface area contributed by atoms with Gasteiger partial charge in [0.1, 0.15) is 0 Å². The maximum atomic E-state index is 10.9. The van der Waals surface area contributed by atoms with E-state index in [4.69, 9.17) is 9.84 Å². The molecule has 0 spiro atoms. The van der Waals surface area contributed by atoms with E-state index < -0.39 is 5.97 Å². The van der Waals surface area contributed by atoms with Gasteiger partial charge in [0.2, 0.25) is 0 Å². The smallest absolute Gasteiger partial charge is 0.335 e. The van der Waals surface area contributed by atoms with Crippen LogP contribution in [0.4, 0.5) is 0 Å². The van der Waals surface area contributed by atoms with E-state index in [9.17, 15) is 9.90 Å². The molecule has 0 aromatic heterocycles. The minimum atomic E-state index is -1.00. The Morgan fingerprint density at radius 2 is 2.19 bits per heavy atom. The van der Waals surface area contributed by atoms with Gasteiger partial charge >= 0.3 is 5.97 Å². The van der Waals surface area contributed by atoms with Gasteiger partial charge in [-0.1, -0.05) is 0 Å². The van der Waals surface area contributed by atoms with Crippen molar-refractivity contribution in [2.45, 2.75) is 19.3 Å². The summed E-state index contributed by atoms with van der Waals surface area (Å²) in [5.41, 5.74) is 0.824. The van der Waals surface area contributed by atoms with Gasteiger partial charge in [-0.3, -0.25) is 0 Å². The fourth-order valence-corrected chi connectivity index (χ4v) is 1.73. The Labute approximate surface area is 93.5 Å². The summed E-state index contributed by atoms with van der Waals surface area (Å²) < 4.78 is 4.97. The van der Waals surface area contributed by atoms with Crippen LogP contribution in [0.15, 0.2) is 12.1 Å². The molecule has 2 N–H and O–H groups in total. The molecule has 0 radical (unpaired) electrons. The fraction of sp³-hybridized carbons (Fsp3) is 0.417. The largest absolute Gasteiger partial charge is 0.504 e. The van der Waals surface area contributed by atoms with Gasteiger partial charge in [0.05, 0.1) is 12.7 Å². The maximum absolute atomic E-state index is 10.9. The van der Waals surface area contributed by atoms with E-state index in [0.717, 1.165) is 19.3 Å². The van der Waals surface area contributed by atoms with Crippen molar-refractivity contribution < 1.29 is 19.7 Å². The van der Waals surface area contributed by atoms with Crippen LogP contribution in [0.25, 0.3) is 0 Å². The molecule has 1 aromatic carbocycles. The lowest BCUT2D eigenvalue weighted by Crippen LogP contribution is -2.00. The summed E-state index contributed by atoms with van der Waals surface area (Å²) in [5, 5.41) is 18.8. The van der Waals surface area contributed by atoms with Crippen LogP contribution in [0, 0.1) is 5.92 Å². The lowest BCUT2D eigenvalue weighted by Gasteiger charge is -2.10. The minimum Gasteiger partial charge on any atom is -0.504 e. The summed E-state index contributed by atoms with van der Waals surface area (Å²) in [6.07, 6.45) is 3.03. The molecule has 1 fully saturated rings. The molecule has 0 amide bonds. The van der Waals surface area contributed by atoms with Crippen LogP contribution in [0.1, 0.15) is 28.8 Å². The predicted molar refractivity (Wildman–Crippen MR) is 58.0 cm³/mol. The second-order valence-electron chi connectivity index (χ2n) is 4.14. The number of ether oxygens (including phenoxy) is 1. The summed E-state index contributed by atoms with van der Waals surface area (Å²) in [6, 6.07) is 2.87. The first-order valence-corrected chi connectivity index (χ1v) is 5.25. The molecular weight excluding hydrogens is 208 g/mol. The molecule has 4 heteroatoms. The predicted octanol–water partition coefficient (Wildman–Crippen LogP) is 2.05. The molecule has 16 heavy (non-hydrogen) atoms. The molecule has 2 rings (SSSR count). The number of carboxylic acids is 1. The number of hydrogen-bond donors (Lipinski definition) is 2. The van der Waals surface area contributed by atoms with Crippen LogP contribution < -0.4 is 4.74 Å². The first-order chi connectivity index (χ1) is 7.61. The molecule has 1 aliphatic rings. The molecule has 0 heterocycles. The lowest BCUT2D eigenvalue weighted by molar-refractivity contribution is 0.0696. The third-order valence-corrected chi connectivity index (χ3v) is 2.83. The third kappa shape index (κ3) is 2.10. The van der Waals surface area contributed by atoms with E-state index in [0.29, 0.717) is 11.5 Å². The highest BCUT2D eigenvalue weighted by atomic mass is 16.5. The molecule has 1 saturated carbocycles. The van der Waals surface area contributed by atoms with Crippen LogP contribution in [0.3, 0.4) is 0 Å². The highest BCUT2D eigenvalue weighted by molar-refractivity contribution is 5.89. The van der Waals surface area contributed by atoms with E-state index in [-0.39, 0.29) is 17.1 Å². The van der Waals surface area contributed by atoms with Gasteiger partial charge in [-0.05, 0) is 42.9 Å². The third-order valence-electron chi connectivity index (χ3n) is 2.83. The number of carbonyl (C=O) groups is 1. The van der Waals surface area contributed by atoms with Crippen molar-refractivity contribution in [3.8, 4) is 11.5 Å². The Kier molecular flexibility index (Phi) is 2.73. The molecule has 1 aliphatic carbocycles. The number of phenols is 1. The van der Waals surface area contributed by atoms with Crippen LogP contribution >= 0.6 is 0 Å². The Morgan fingerprint density at radius 3 is 2.69 bits per heavy atom. The highest BCUT2D eigenvalue weighted by Crippen LogP contribution is 2.38. The Balaban J connectivity index is 2.39. The topological polar surface area (TPSA) is 66.8 Å². The number of aromatic carboxylic acids is 1. The number of carboxylic acid groups (broad SMARTS) is 1. The average molecular weight is 222 g/mol. The molecular formula is C12H14O4. The SMILES string of the molecule is COc1cc(C(=O)O)cc(CC2CC2)c1O. The lowest BCUT2D eigenvalue weighted by atomic mass is 10.0. The normalized spacial score (nSPS) is 14.8. The van der Waals surface area contributed by atoms with Gasteiger partial charge in [0, 0.05) is 0 Å². The number of rotatable bonds is 4. The van der Waals surface area contributed by atoms with Gasteiger partial charge in [-0.2, -0.15) is 0 Å². The van der Waals surface area contributed by atoms with Gasteiger partial charge in [-0.25, -0.2) is 4.79 Å². The number of methoxy groups -OCH3 is 1. The van der Waals surface area contributed by atoms with Crippen molar-refractivity contribution in [2.24, 2.45) is 5.92 Å². The molecule has 4 nitrogen and oxygen atoms in total. The number of hydrogen-bond acceptors (Lipinski definition) is 3. The van der Waals surface area contributed by atoms with Crippen molar-refractivity contribution in [3.05, 3.63) is 23.3 Å². The minimum absolute atomic E-state index is 0.0689. The molecule has 0 aliphatic heterocycles. The first-order valence-electron chi connectivity index (χ1n) is 5.25. The second kappa shape index (κ2) is 4.04. The van der Waals surface area contributed by atoms with Crippen LogP contribution in [-0.2, 0) is 6.42 Å². The highest BCUT2D eigenvalue weighted by Gasteiger charge is 2.24. The summed E-state index contributed by atoms with van der Waals surface area (Å²) >= 11 is 0. The van der Waals surface area contributed by atoms with Crippen molar-refractivity contribution in [2.75, 3.05) is 7.11 Å². The zero-order valence-corrected chi connectivity index (χ0v) is 9.06. The van der Waals surface area contributed by atoms with Gasteiger partial charge < -0.3 is 14.9 Å². The van der Waals surface area contributed by atoms with E-state index in [1.54, 1.807) is 0 Å². The van der Waals surface area contributed by atoms with E-state index in [2.05, 4.69) is 0 Å². The van der Waals surface area contributed by atoms with Crippen molar-refractivity contribution in [1.29, 1.82) is 0 Å². The van der Waals surface area contributed by atoms with E-state index >= 15 is 0 Å². The Bertz CT molecular complexity index is 421. The number of benzene rings is 1. The maximum Gasteiger partial charge on any atom is 0.335 e. The van der Waals surface area contributed by atoms with E-state index in [1.807, 2.05) is 0 Å². The molecule has 86 valence electrons. The molecule has 0 unspecified atom stereocenters. The second-order valence-corrected chi connectivity index (χ2v) is 4.14. The van der Waals surface area contributed by atoms with Crippen molar-refractivity contribution in [3.63, 3.8) is 0 Å². The van der Waals surface area contributed by atoms with Crippen molar-refractivity contribution >= 4 is 5.97 Å². The quantitative estimate of drug-likeness (QED) is 0.818. The summed E-state index contributed by atoms with van der Waals surface area (Å²) in [7, 11) is 1.42. The number of phenolic OH excluding ortho intramolecular Hbond substituents is 1. The van der Waals surface area contributed by atoms with Crippen LogP contribution in [0.5, 0.6) is 11.5 Å². The Morgan fingerprint density at radius 1 is 1.50 bits per heavy atom. The average Bonchev–Trinajstić information content (AvgIpc) is 3.04. The van der Waals surface area contributed by atoms with Gasteiger partial charge in [-0.15, -0.1) is 0 Å². The monoisotopic (exact) mass is 222 g/mol. The van der Waals surface area contributed by atoms with Crippen LogP contribution in [-0.4, -0.2) is 23.3 Å². The van der Waals surface area contributed by atoms with Crippen molar-refractivity contribution in [1.82, 2.24) is 0 Å². The van der Waals surface area contributed by atoms with Gasteiger partial charge in [0.25, 0.3) is 0 Å². The standard InChI is InChI=1S/C12H14O4/c1-16-10-6-9(12(14)15)5-8(11(10)13)4-7-2-3-7/h5-7,13H,2-4H2,1H3,(H,14,15). The molecule has 0 saturated heterocycles. The zero-order chi connectivity index (χ0) is 11.7.